The molecule has 1 amide bonds. The van der Waals surface area contributed by atoms with Crippen LogP contribution in [-0.2, 0) is 0 Å². The Bertz CT molecular complexity index is 1010. The lowest BCUT2D eigenvalue weighted by Crippen LogP contribution is -2.43. The molecule has 0 bridgehead atoms. The van der Waals surface area contributed by atoms with E-state index in [9.17, 15) is 4.79 Å². The minimum atomic E-state index is -0.0220. The van der Waals surface area contributed by atoms with Crippen LogP contribution in [0.2, 0.25) is 0 Å². The van der Waals surface area contributed by atoms with Crippen LogP contribution in [0.3, 0.4) is 0 Å². The molecule has 2 saturated heterocycles. The Hall–Kier alpha value is -2.93. The molecule has 33 heavy (non-hydrogen) atoms. The molecule has 3 fully saturated rings. The monoisotopic (exact) mass is 446 g/mol. The maximum Gasteiger partial charge on any atom is 0.254 e. The van der Waals surface area contributed by atoms with Crippen LogP contribution in [0.5, 0.6) is 0 Å². The van der Waals surface area contributed by atoms with E-state index in [1.54, 1.807) is 5.01 Å². The first kappa shape index (κ1) is 21.9. The quantitative estimate of drug-likeness (QED) is 0.716. The summed E-state index contributed by atoms with van der Waals surface area (Å²) in [5.41, 5.74) is 9.29. The first-order valence-corrected chi connectivity index (χ1v) is 12.2. The molecule has 3 aliphatic heterocycles. The van der Waals surface area contributed by atoms with Gasteiger partial charge in [-0.3, -0.25) is 4.79 Å². The standard InChI is InChI=1S/C26H34N6O/c1-18-16-32(28-2)24(29-25(18)30-14-12-22(27)17-30)15-23-5-3-4-13-31(23)26(33)21-10-8-20(9-11-21)19-6-7-19/h8-11,15-16,19,22-23H,2-7,12-14,17,27H2,1H3/b24-15-/t22-,23?/m0/s1. The Balaban J connectivity index is 1.40. The van der Waals surface area contributed by atoms with Crippen LogP contribution in [0.4, 0.5) is 0 Å². The first-order chi connectivity index (χ1) is 16.0. The lowest BCUT2D eigenvalue weighted by molar-refractivity contribution is 0.0662. The summed E-state index contributed by atoms with van der Waals surface area (Å²) in [6.07, 6.45) is 10.6. The van der Waals surface area contributed by atoms with Crippen molar-refractivity contribution in [1.29, 1.82) is 0 Å². The van der Waals surface area contributed by atoms with Crippen LogP contribution in [0.15, 0.2) is 58.0 Å². The topological polar surface area (TPSA) is 77.5 Å². The van der Waals surface area contributed by atoms with Crippen molar-refractivity contribution in [2.75, 3.05) is 19.6 Å². The molecule has 7 heteroatoms. The number of benzene rings is 1. The van der Waals surface area contributed by atoms with Crippen LogP contribution in [0.25, 0.3) is 0 Å². The van der Waals surface area contributed by atoms with Crippen LogP contribution < -0.4 is 5.73 Å². The number of nitrogens with two attached hydrogens (primary N) is 1. The molecule has 2 N–H and O–H groups in total. The van der Waals surface area contributed by atoms with Gasteiger partial charge in [-0.2, -0.15) is 5.10 Å². The molecule has 0 aromatic heterocycles. The van der Waals surface area contributed by atoms with Crippen molar-refractivity contribution in [3.8, 4) is 0 Å². The van der Waals surface area contributed by atoms with Gasteiger partial charge in [0.1, 0.15) is 5.84 Å². The number of hydrazone groups is 1. The zero-order valence-electron chi connectivity index (χ0n) is 19.5. The van der Waals surface area contributed by atoms with Crippen LogP contribution in [0.1, 0.15) is 67.3 Å². The number of aliphatic imine (C=N–C) groups is 1. The van der Waals surface area contributed by atoms with Gasteiger partial charge in [0.2, 0.25) is 0 Å². The first-order valence-electron chi connectivity index (χ1n) is 12.2. The van der Waals surface area contributed by atoms with Crippen LogP contribution in [-0.4, -0.2) is 65.0 Å². The molecule has 174 valence electrons. The molecular weight excluding hydrogens is 412 g/mol. The second-order valence-electron chi connectivity index (χ2n) is 9.71. The molecule has 1 aromatic carbocycles. The van der Waals surface area contributed by atoms with E-state index in [1.807, 2.05) is 30.2 Å². The summed E-state index contributed by atoms with van der Waals surface area (Å²) in [6.45, 7) is 8.25. The maximum absolute atomic E-state index is 13.4. The zero-order valence-corrected chi connectivity index (χ0v) is 19.5. The minimum absolute atomic E-state index is 0.0220. The van der Waals surface area contributed by atoms with Crippen molar-refractivity contribution in [3.05, 3.63) is 59.1 Å². The van der Waals surface area contributed by atoms with Crippen molar-refractivity contribution < 1.29 is 4.79 Å². The van der Waals surface area contributed by atoms with Gasteiger partial charge in [-0.1, -0.05) is 12.1 Å². The summed E-state index contributed by atoms with van der Waals surface area (Å²) in [6, 6.07) is 8.39. The normalized spacial score (nSPS) is 27.0. The Morgan fingerprint density at radius 3 is 2.61 bits per heavy atom. The SMILES string of the molecule is C=NN1C=C(C)C(N2CC[C@H](N)C2)=N/C1=C/C1CCCCN1C(=O)c1ccc(C2CC2)cc1. The zero-order chi connectivity index (χ0) is 22.9. The minimum Gasteiger partial charge on any atom is -0.355 e. The Kier molecular flexibility index (Phi) is 6.06. The maximum atomic E-state index is 13.4. The van der Waals surface area contributed by atoms with E-state index in [0.717, 1.165) is 68.1 Å². The van der Waals surface area contributed by atoms with Gasteiger partial charge >= 0.3 is 0 Å². The van der Waals surface area contributed by atoms with Gasteiger partial charge in [-0.25, -0.2) is 10.0 Å². The lowest BCUT2D eigenvalue weighted by Gasteiger charge is -2.35. The molecule has 1 unspecified atom stereocenters. The summed E-state index contributed by atoms with van der Waals surface area (Å²) < 4.78 is 0. The van der Waals surface area contributed by atoms with Gasteiger partial charge in [0.05, 0.1) is 6.04 Å². The van der Waals surface area contributed by atoms with E-state index in [2.05, 4.69) is 34.9 Å². The number of amidine groups is 1. The summed E-state index contributed by atoms with van der Waals surface area (Å²) in [4.78, 5) is 22.6. The highest BCUT2D eigenvalue weighted by molar-refractivity contribution is 5.99. The number of carbonyl (C=O) groups is 1. The molecule has 0 radical (unpaired) electrons. The summed E-state index contributed by atoms with van der Waals surface area (Å²) in [5.74, 6) is 2.45. The fourth-order valence-corrected chi connectivity index (χ4v) is 5.12. The molecule has 0 spiro atoms. The van der Waals surface area contributed by atoms with E-state index in [0.29, 0.717) is 5.92 Å². The lowest BCUT2D eigenvalue weighted by atomic mass is 9.99. The van der Waals surface area contributed by atoms with Crippen molar-refractivity contribution in [2.24, 2.45) is 15.8 Å². The van der Waals surface area contributed by atoms with Crippen molar-refractivity contribution in [2.45, 2.75) is 63.5 Å². The highest BCUT2D eigenvalue weighted by Gasteiger charge is 2.30. The van der Waals surface area contributed by atoms with Crippen LogP contribution >= 0.6 is 0 Å². The van der Waals surface area contributed by atoms with E-state index in [4.69, 9.17) is 10.7 Å². The van der Waals surface area contributed by atoms with E-state index in [-0.39, 0.29) is 18.0 Å². The fourth-order valence-electron chi connectivity index (χ4n) is 5.12. The van der Waals surface area contributed by atoms with Gasteiger partial charge < -0.3 is 15.5 Å². The third-order valence-corrected chi connectivity index (χ3v) is 7.16. The van der Waals surface area contributed by atoms with Crippen molar-refractivity contribution >= 4 is 18.5 Å². The van der Waals surface area contributed by atoms with E-state index < -0.39 is 0 Å². The second-order valence-corrected chi connectivity index (χ2v) is 9.71. The van der Waals surface area contributed by atoms with Gasteiger partial charge in [0.25, 0.3) is 5.91 Å². The average molecular weight is 447 g/mol. The summed E-state index contributed by atoms with van der Waals surface area (Å²) in [5, 5.41) is 5.88. The Morgan fingerprint density at radius 1 is 1.15 bits per heavy atom. The van der Waals surface area contributed by atoms with E-state index >= 15 is 0 Å². The van der Waals surface area contributed by atoms with Crippen molar-refractivity contribution in [1.82, 2.24) is 14.8 Å². The molecule has 3 heterocycles. The Morgan fingerprint density at radius 2 is 1.94 bits per heavy atom. The number of rotatable bonds is 4. The number of piperidine rings is 1. The third kappa shape index (κ3) is 4.60. The van der Waals surface area contributed by atoms with Gasteiger partial charge in [-0.05, 0) is 75.1 Å². The second kappa shape index (κ2) is 9.14. The highest BCUT2D eigenvalue weighted by Crippen LogP contribution is 2.40. The molecule has 1 saturated carbocycles. The number of carbonyl (C=O) groups excluding carboxylic acids is 1. The van der Waals surface area contributed by atoms with Gasteiger partial charge in [-0.15, -0.1) is 0 Å². The molecule has 4 aliphatic rings. The van der Waals surface area contributed by atoms with E-state index in [1.165, 1.54) is 18.4 Å². The summed E-state index contributed by atoms with van der Waals surface area (Å²) >= 11 is 0. The molecular formula is C26H34N6O. The molecule has 5 rings (SSSR count). The molecule has 1 aliphatic carbocycles. The molecule has 2 atom stereocenters. The predicted octanol–water partition coefficient (Wildman–Crippen LogP) is 3.67. The highest BCUT2D eigenvalue weighted by atomic mass is 16.2. The molecule has 7 nitrogen and oxygen atoms in total. The van der Waals surface area contributed by atoms with Gasteiger partial charge in [0.15, 0.2) is 5.82 Å². The number of hydrogen-bond acceptors (Lipinski definition) is 6. The number of hydrogen-bond donors (Lipinski definition) is 1. The van der Waals surface area contributed by atoms with Gasteiger partial charge in [0, 0.05) is 49.7 Å². The number of nitrogens with zero attached hydrogens (tertiary/aromatic N) is 5. The molecule has 1 aromatic rings. The average Bonchev–Trinajstić information content (AvgIpc) is 3.60. The number of likely N-dealkylation sites (tertiary alicyclic amines) is 2. The smallest absolute Gasteiger partial charge is 0.254 e. The summed E-state index contributed by atoms with van der Waals surface area (Å²) in [7, 11) is 0. The van der Waals surface area contributed by atoms with Crippen molar-refractivity contribution in [3.63, 3.8) is 0 Å². The largest absolute Gasteiger partial charge is 0.355 e. The Labute approximate surface area is 196 Å². The van der Waals surface area contributed by atoms with Crippen LogP contribution in [0, 0.1) is 0 Å². The number of amides is 1. The predicted molar refractivity (Wildman–Crippen MR) is 132 cm³/mol. The fraction of sp³-hybridized carbons (Fsp3) is 0.500. The third-order valence-electron chi connectivity index (χ3n) is 7.16.